The number of hydrogen-bond donors (Lipinski definition) is 1. The summed E-state index contributed by atoms with van der Waals surface area (Å²) < 4.78 is 39.0. The Hall–Kier alpha value is -2.50. The highest BCUT2D eigenvalue weighted by molar-refractivity contribution is 7.93. The minimum atomic E-state index is -3.41. The summed E-state index contributed by atoms with van der Waals surface area (Å²) in [6.07, 6.45) is 2.05. The van der Waals surface area contributed by atoms with E-state index in [1.54, 1.807) is 0 Å². The first kappa shape index (κ1) is 21.1. The maximum atomic E-state index is 13.1. The van der Waals surface area contributed by atoms with Gasteiger partial charge in [-0.2, -0.15) is 0 Å². The maximum Gasteiger partial charge on any atom is 0.224 e. The van der Waals surface area contributed by atoms with Crippen molar-refractivity contribution >= 4 is 38.4 Å². The smallest absolute Gasteiger partial charge is 0.224 e. The van der Waals surface area contributed by atoms with Gasteiger partial charge >= 0.3 is 0 Å². The molecule has 11 heteroatoms. The van der Waals surface area contributed by atoms with Crippen molar-refractivity contribution in [1.82, 2.24) is 14.5 Å². The number of nitrogens with one attached hydrogen (secondary N) is 1. The van der Waals surface area contributed by atoms with E-state index in [0.717, 1.165) is 23.3 Å². The summed E-state index contributed by atoms with van der Waals surface area (Å²) in [5, 5.41) is 3.15. The van der Waals surface area contributed by atoms with Gasteiger partial charge in [-0.3, -0.25) is 4.57 Å². The Labute approximate surface area is 192 Å². The third kappa shape index (κ3) is 3.05. The molecular weight excluding hydrogens is 444 g/mol. The number of para-hydroxylation sites is 2. The second kappa shape index (κ2) is 7.51. The molecule has 1 aromatic carbocycles. The Balaban J connectivity index is 1.56. The number of nitrogens with zero attached hydrogens (tertiary/aromatic N) is 5. The van der Waals surface area contributed by atoms with Crippen LogP contribution in [0.5, 0.6) is 0 Å². The molecule has 2 aromatic rings. The Bertz CT molecular complexity index is 1260. The van der Waals surface area contributed by atoms with E-state index in [2.05, 4.69) is 10.2 Å². The highest BCUT2D eigenvalue weighted by Crippen LogP contribution is 2.45. The number of ether oxygens (including phenoxy) is 2. The number of morpholine rings is 2. The van der Waals surface area contributed by atoms with Crippen molar-refractivity contribution in [3.8, 4) is 0 Å². The number of amidine groups is 1. The van der Waals surface area contributed by atoms with Crippen LogP contribution in [0.4, 0.5) is 5.95 Å². The Morgan fingerprint density at radius 2 is 2.00 bits per heavy atom. The predicted octanol–water partition coefficient (Wildman–Crippen LogP) is 1.45. The van der Waals surface area contributed by atoms with Crippen LogP contribution >= 0.6 is 0 Å². The summed E-state index contributed by atoms with van der Waals surface area (Å²) in [6, 6.07) is 7.88. The van der Waals surface area contributed by atoms with Crippen LogP contribution in [0.1, 0.15) is 25.6 Å². The van der Waals surface area contributed by atoms with Gasteiger partial charge < -0.3 is 19.7 Å². The molecule has 1 N–H and O–H groups in total. The van der Waals surface area contributed by atoms with Crippen LogP contribution in [-0.2, 0) is 19.3 Å². The first-order chi connectivity index (χ1) is 15.9. The van der Waals surface area contributed by atoms with E-state index in [1.807, 2.05) is 35.9 Å². The summed E-state index contributed by atoms with van der Waals surface area (Å²) in [5.74, 6) is 1.38. The predicted molar refractivity (Wildman–Crippen MR) is 126 cm³/mol. The molecule has 4 heterocycles. The van der Waals surface area contributed by atoms with Gasteiger partial charge in [0.15, 0.2) is 15.9 Å². The molecule has 2 saturated heterocycles. The number of imidazole rings is 1. The molecule has 1 saturated carbocycles. The van der Waals surface area contributed by atoms with E-state index in [9.17, 15) is 8.42 Å². The molecule has 3 atom stereocenters. The maximum absolute atomic E-state index is 13.1. The summed E-state index contributed by atoms with van der Waals surface area (Å²) in [6.45, 7) is 2.32. The molecule has 3 unspecified atom stereocenters. The zero-order chi connectivity index (χ0) is 22.8. The molecule has 3 fully saturated rings. The lowest BCUT2D eigenvalue weighted by Gasteiger charge is -2.50. The Kier molecular flexibility index (Phi) is 4.79. The SMILES string of the molecule is CNc1nc2ccccc2n1C1N=C2C(OCC3COCCN23)C(C2(S(C)(=O)=O)CCC2)=N1. The molecule has 0 radical (unpaired) electrons. The van der Waals surface area contributed by atoms with E-state index < -0.39 is 27.0 Å². The first-order valence-corrected chi connectivity index (χ1v) is 13.3. The summed E-state index contributed by atoms with van der Waals surface area (Å²) in [5.41, 5.74) is 2.29. The van der Waals surface area contributed by atoms with Gasteiger partial charge in [0, 0.05) is 19.8 Å². The lowest BCUT2D eigenvalue weighted by atomic mass is 9.77. The van der Waals surface area contributed by atoms with E-state index in [0.29, 0.717) is 50.9 Å². The number of anilines is 1. The van der Waals surface area contributed by atoms with Crippen LogP contribution in [0.2, 0.25) is 0 Å². The molecule has 176 valence electrons. The molecule has 1 aliphatic carbocycles. The van der Waals surface area contributed by atoms with Crippen LogP contribution < -0.4 is 5.32 Å². The van der Waals surface area contributed by atoms with Crippen molar-refractivity contribution in [1.29, 1.82) is 0 Å². The second-order valence-electron chi connectivity index (χ2n) is 9.15. The van der Waals surface area contributed by atoms with E-state index >= 15 is 0 Å². The minimum Gasteiger partial charge on any atom is -0.377 e. The van der Waals surface area contributed by atoms with Gasteiger partial charge in [0.1, 0.15) is 10.6 Å². The molecule has 33 heavy (non-hydrogen) atoms. The number of aromatic nitrogens is 2. The number of benzene rings is 1. The second-order valence-corrected chi connectivity index (χ2v) is 11.5. The quantitative estimate of drug-likeness (QED) is 0.717. The normalized spacial score (nSPS) is 28.9. The molecule has 0 bridgehead atoms. The summed E-state index contributed by atoms with van der Waals surface area (Å²) in [4.78, 5) is 17.0. The number of fused-ring (bicyclic) bond motifs is 4. The average molecular weight is 473 g/mol. The van der Waals surface area contributed by atoms with Crippen molar-refractivity contribution in [2.24, 2.45) is 9.98 Å². The Morgan fingerprint density at radius 1 is 1.18 bits per heavy atom. The fraction of sp³-hybridized carbons (Fsp3) is 0.591. The van der Waals surface area contributed by atoms with Gasteiger partial charge in [-0.1, -0.05) is 12.1 Å². The van der Waals surface area contributed by atoms with E-state index in [-0.39, 0.29) is 6.04 Å². The van der Waals surface area contributed by atoms with Gasteiger partial charge in [0.2, 0.25) is 12.2 Å². The molecule has 4 aliphatic rings. The molecule has 1 aromatic heterocycles. The van der Waals surface area contributed by atoms with E-state index in [4.69, 9.17) is 24.4 Å². The topological polar surface area (TPSA) is 110 Å². The van der Waals surface area contributed by atoms with Crippen molar-refractivity contribution in [2.45, 2.75) is 42.4 Å². The molecular formula is C22H28N6O4S. The van der Waals surface area contributed by atoms with Gasteiger partial charge in [0.05, 0.1) is 42.6 Å². The highest BCUT2D eigenvalue weighted by atomic mass is 32.2. The lowest BCUT2D eigenvalue weighted by Crippen LogP contribution is -2.66. The monoisotopic (exact) mass is 472 g/mol. The minimum absolute atomic E-state index is 0.0626. The fourth-order valence-corrected chi connectivity index (χ4v) is 7.02. The number of rotatable bonds is 4. The van der Waals surface area contributed by atoms with Crippen molar-refractivity contribution < 1.29 is 17.9 Å². The van der Waals surface area contributed by atoms with Crippen molar-refractivity contribution in [3.05, 3.63) is 24.3 Å². The number of hydrogen-bond acceptors (Lipinski definition) is 9. The zero-order valence-corrected chi connectivity index (χ0v) is 19.6. The van der Waals surface area contributed by atoms with Gasteiger partial charge in [0.25, 0.3) is 0 Å². The third-order valence-electron chi connectivity index (χ3n) is 7.35. The highest BCUT2D eigenvalue weighted by Gasteiger charge is 2.57. The van der Waals surface area contributed by atoms with Crippen LogP contribution in [0.3, 0.4) is 0 Å². The molecule has 6 rings (SSSR count). The van der Waals surface area contributed by atoms with Gasteiger partial charge in [-0.25, -0.2) is 23.4 Å². The van der Waals surface area contributed by atoms with Gasteiger partial charge in [-0.15, -0.1) is 0 Å². The summed E-state index contributed by atoms with van der Waals surface area (Å²) >= 11 is 0. The molecule has 3 aliphatic heterocycles. The Morgan fingerprint density at radius 3 is 2.73 bits per heavy atom. The van der Waals surface area contributed by atoms with Crippen LogP contribution in [0, 0.1) is 0 Å². The fourth-order valence-electron chi connectivity index (χ4n) is 5.45. The number of aliphatic imine (C=N–C) groups is 2. The van der Waals surface area contributed by atoms with Crippen molar-refractivity contribution in [2.75, 3.05) is 45.0 Å². The largest absolute Gasteiger partial charge is 0.377 e. The van der Waals surface area contributed by atoms with Crippen LogP contribution in [0.25, 0.3) is 11.0 Å². The standard InChI is InChI=1S/C22H28N6O4S/c1-23-20-24-15-6-3-4-7-16(15)28(20)21-25-18(22(8-5-9-22)33(2,29)30)17-19(26-21)27-10-11-31-12-14(27)13-32-17/h3-4,6-7,14,17,21H,5,8-13H2,1-2H3,(H,23,24). The van der Waals surface area contributed by atoms with Crippen LogP contribution in [-0.4, -0.2) is 91.0 Å². The first-order valence-electron chi connectivity index (χ1n) is 11.4. The van der Waals surface area contributed by atoms with Crippen LogP contribution in [0.15, 0.2) is 34.3 Å². The lowest BCUT2D eigenvalue weighted by molar-refractivity contribution is -0.0427. The van der Waals surface area contributed by atoms with Gasteiger partial charge in [-0.05, 0) is 31.4 Å². The summed E-state index contributed by atoms with van der Waals surface area (Å²) in [7, 11) is -1.59. The molecule has 0 spiro atoms. The van der Waals surface area contributed by atoms with E-state index in [1.165, 1.54) is 6.26 Å². The third-order valence-corrected chi connectivity index (χ3v) is 9.39. The zero-order valence-electron chi connectivity index (χ0n) is 18.8. The molecule has 0 amide bonds. The molecule has 10 nitrogen and oxygen atoms in total. The average Bonchev–Trinajstić information content (AvgIpc) is 3.15. The number of sulfone groups is 1. The van der Waals surface area contributed by atoms with Crippen molar-refractivity contribution in [3.63, 3.8) is 0 Å².